The van der Waals surface area contributed by atoms with Gasteiger partial charge in [-0.25, -0.2) is 0 Å². The van der Waals surface area contributed by atoms with E-state index in [4.69, 9.17) is 4.74 Å². The Morgan fingerprint density at radius 3 is 2.60 bits per heavy atom. The molecule has 7 nitrogen and oxygen atoms in total. The van der Waals surface area contributed by atoms with E-state index in [-0.39, 0.29) is 23.9 Å². The van der Waals surface area contributed by atoms with Crippen LogP contribution in [0.3, 0.4) is 0 Å². The number of hydrogen-bond acceptors (Lipinski definition) is 5. The molecular formula is C28H38N4O3. The molecule has 7 heteroatoms. The number of amides is 2. The van der Waals surface area contributed by atoms with Crippen LogP contribution in [0.15, 0.2) is 48.8 Å². The predicted molar refractivity (Wildman–Crippen MR) is 136 cm³/mol. The second-order valence-electron chi connectivity index (χ2n) is 9.94. The van der Waals surface area contributed by atoms with Crippen molar-refractivity contribution < 1.29 is 14.3 Å². The zero-order valence-corrected chi connectivity index (χ0v) is 21.2. The van der Waals surface area contributed by atoms with Crippen LogP contribution in [0, 0.1) is 5.92 Å². The Balaban J connectivity index is 1.49. The van der Waals surface area contributed by atoms with Gasteiger partial charge in [-0.2, -0.15) is 0 Å². The monoisotopic (exact) mass is 478 g/mol. The van der Waals surface area contributed by atoms with E-state index in [1.165, 1.54) is 6.42 Å². The van der Waals surface area contributed by atoms with Crippen LogP contribution >= 0.6 is 0 Å². The van der Waals surface area contributed by atoms with E-state index >= 15 is 0 Å². The van der Waals surface area contributed by atoms with Gasteiger partial charge in [-0.1, -0.05) is 18.6 Å². The summed E-state index contributed by atoms with van der Waals surface area (Å²) >= 11 is 0. The number of carbonyl (C=O) groups is 2. The molecule has 0 unspecified atom stereocenters. The molecule has 0 saturated carbocycles. The molecule has 2 saturated heterocycles. The Morgan fingerprint density at radius 1 is 1.11 bits per heavy atom. The lowest BCUT2D eigenvalue weighted by Crippen LogP contribution is -2.53. The Morgan fingerprint density at radius 2 is 1.91 bits per heavy atom. The summed E-state index contributed by atoms with van der Waals surface area (Å²) in [6.07, 6.45) is 9.08. The fourth-order valence-corrected chi connectivity index (χ4v) is 5.61. The molecule has 2 atom stereocenters. The summed E-state index contributed by atoms with van der Waals surface area (Å²) in [5.41, 5.74) is 1.74. The molecule has 4 rings (SSSR count). The zero-order valence-electron chi connectivity index (χ0n) is 21.2. The van der Waals surface area contributed by atoms with Crippen LogP contribution in [0.4, 0.5) is 0 Å². The number of aromatic nitrogens is 1. The third-order valence-corrected chi connectivity index (χ3v) is 7.76. The molecule has 0 bridgehead atoms. The fourth-order valence-electron chi connectivity index (χ4n) is 5.61. The van der Waals surface area contributed by atoms with Crippen LogP contribution in [0.1, 0.15) is 48.0 Å². The van der Waals surface area contributed by atoms with Crippen molar-refractivity contribution in [1.82, 2.24) is 19.7 Å². The summed E-state index contributed by atoms with van der Waals surface area (Å²) in [5, 5.41) is 0. The van der Waals surface area contributed by atoms with Gasteiger partial charge in [0.05, 0.1) is 18.7 Å². The minimum Gasteiger partial charge on any atom is -0.497 e. The number of methoxy groups -OCH3 is 1. The number of benzene rings is 1. The smallest absolute Gasteiger partial charge is 0.255 e. The summed E-state index contributed by atoms with van der Waals surface area (Å²) in [4.78, 5) is 36.9. The molecule has 1 aromatic heterocycles. The summed E-state index contributed by atoms with van der Waals surface area (Å²) in [7, 11) is 5.64. The van der Waals surface area contributed by atoms with Gasteiger partial charge in [0, 0.05) is 38.6 Å². The molecule has 3 heterocycles. The van der Waals surface area contributed by atoms with Gasteiger partial charge in [0.2, 0.25) is 5.91 Å². The maximum absolute atomic E-state index is 13.3. The third kappa shape index (κ3) is 6.01. The number of nitrogens with zero attached hydrogens (tertiary/aromatic N) is 4. The van der Waals surface area contributed by atoms with Crippen LogP contribution in [-0.4, -0.2) is 84.4 Å². The zero-order chi connectivity index (χ0) is 24.8. The number of pyridine rings is 1. The first-order chi connectivity index (χ1) is 17.0. The van der Waals surface area contributed by atoms with Crippen molar-refractivity contribution in [2.75, 3.05) is 40.8 Å². The molecule has 188 valence electrons. The standard InChI is InChI=1S/C28H38N4O3/c1-30-15-5-4-11-25(30)28(34)32-16-12-22(13-17-32)26(19-21-8-6-10-24(18-21)35-3)31(2)27(33)23-9-7-14-29-20-23/h6-10,14,18,20,22,25-26H,4-5,11-13,15-17,19H2,1-3H3/t25-,26-/m1/s1. The minimum absolute atomic E-state index is 0.0164. The van der Waals surface area contributed by atoms with E-state index in [0.29, 0.717) is 11.5 Å². The average molecular weight is 479 g/mol. The van der Waals surface area contributed by atoms with E-state index in [1.807, 2.05) is 36.2 Å². The van der Waals surface area contributed by atoms with Crippen molar-refractivity contribution in [2.45, 2.75) is 50.6 Å². The van der Waals surface area contributed by atoms with Gasteiger partial charge in [0.1, 0.15) is 5.75 Å². The van der Waals surface area contributed by atoms with Crippen LogP contribution in [0.2, 0.25) is 0 Å². The molecule has 0 N–H and O–H groups in total. The highest BCUT2D eigenvalue weighted by Gasteiger charge is 2.36. The first kappa shape index (κ1) is 25.2. The molecule has 0 radical (unpaired) electrons. The van der Waals surface area contributed by atoms with Crippen molar-refractivity contribution in [3.8, 4) is 5.75 Å². The number of carbonyl (C=O) groups excluding carboxylic acids is 2. The molecule has 2 aliphatic rings. The van der Waals surface area contributed by atoms with Crippen molar-refractivity contribution >= 4 is 11.8 Å². The van der Waals surface area contributed by atoms with Crippen LogP contribution < -0.4 is 4.74 Å². The maximum Gasteiger partial charge on any atom is 0.255 e. The van der Waals surface area contributed by atoms with Crippen LogP contribution in [0.25, 0.3) is 0 Å². The SMILES string of the molecule is COc1cccc(C[C@H](C2CCN(C(=O)[C@H]3CCCCN3C)CC2)N(C)C(=O)c2cccnc2)c1. The highest BCUT2D eigenvalue weighted by Crippen LogP contribution is 2.29. The Labute approximate surface area is 209 Å². The van der Waals surface area contributed by atoms with E-state index in [2.05, 4.69) is 27.9 Å². The van der Waals surface area contributed by atoms with Crippen LogP contribution in [-0.2, 0) is 11.2 Å². The number of likely N-dealkylation sites (N-methyl/N-ethyl adjacent to an activating group) is 2. The maximum atomic E-state index is 13.3. The van der Waals surface area contributed by atoms with Gasteiger partial charge in [-0.05, 0) is 81.4 Å². The lowest BCUT2D eigenvalue weighted by molar-refractivity contribution is -0.139. The van der Waals surface area contributed by atoms with Gasteiger partial charge in [-0.15, -0.1) is 0 Å². The highest BCUT2D eigenvalue weighted by molar-refractivity contribution is 5.94. The Hall–Kier alpha value is -2.93. The minimum atomic E-state index is -0.0201. The van der Waals surface area contributed by atoms with Crippen molar-refractivity contribution in [2.24, 2.45) is 5.92 Å². The van der Waals surface area contributed by atoms with Gasteiger partial charge < -0.3 is 14.5 Å². The van der Waals surface area contributed by atoms with E-state index in [1.54, 1.807) is 25.6 Å². The molecule has 0 aliphatic carbocycles. The first-order valence-corrected chi connectivity index (χ1v) is 12.8. The molecule has 2 amide bonds. The number of rotatable bonds is 7. The molecule has 2 aromatic rings. The summed E-state index contributed by atoms with van der Waals surface area (Å²) in [5.74, 6) is 1.38. The second kappa shape index (κ2) is 11.7. The number of ether oxygens (including phenoxy) is 1. The summed E-state index contributed by atoms with van der Waals surface area (Å²) in [6, 6.07) is 11.7. The third-order valence-electron chi connectivity index (χ3n) is 7.76. The highest BCUT2D eigenvalue weighted by atomic mass is 16.5. The predicted octanol–water partition coefficient (Wildman–Crippen LogP) is 3.50. The largest absolute Gasteiger partial charge is 0.497 e. The molecule has 2 aliphatic heterocycles. The quantitative estimate of drug-likeness (QED) is 0.610. The molecule has 0 spiro atoms. The van der Waals surface area contributed by atoms with Crippen molar-refractivity contribution in [1.29, 1.82) is 0 Å². The average Bonchev–Trinajstić information content (AvgIpc) is 2.91. The molecule has 2 fully saturated rings. The van der Waals surface area contributed by atoms with Crippen LogP contribution in [0.5, 0.6) is 5.75 Å². The van der Waals surface area contributed by atoms with Crippen molar-refractivity contribution in [3.63, 3.8) is 0 Å². The Bertz CT molecular complexity index is 991. The lowest BCUT2D eigenvalue weighted by atomic mass is 9.84. The second-order valence-corrected chi connectivity index (χ2v) is 9.94. The fraction of sp³-hybridized carbons (Fsp3) is 0.536. The van der Waals surface area contributed by atoms with Gasteiger partial charge in [-0.3, -0.25) is 19.5 Å². The van der Waals surface area contributed by atoms with E-state index in [9.17, 15) is 9.59 Å². The van der Waals surface area contributed by atoms with E-state index < -0.39 is 0 Å². The molecule has 1 aromatic carbocycles. The summed E-state index contributed by atoms with van der Waals surface area (Å²) in [6.45, 7) is 2.49. The number of piperidine rings is 2. The van der Waals surface area contributed by atoms with Gasteiger partial charge >= 0.3 is 0 Å². The topological polar surface area (TPSA) is 66.0 Å². The molecular weight excluding hydrogens is 440 g/mol. The lowest BCUT2D eigenvalue weighted by Gasteiger charge is -2.42. The van der Waals surface area contributed by atoms with Gasteiger partial charge in [0.25, 0.3) is 5.91 Å². The molecule has 35 heavy (non-hydrogen) atoms. The van der Waals surface area contributed by atoms with Crippen molar-refractivity contribution in [3.05, 3.63) is 59.9 Å². The number of likely N-dealkylation sites (tertiary alicyclic amines) is 2. The Kier molecular flexibility index (Phi) is 8.39. The first-order valence-electron chi connectivity index (χ1n) is 12.8. The number of hydrogen-bond donors (Lipinski definition) is 0. The normalized spacial score (nSPS) is 20.3. The summed E-state index contributed by atoms with van der Waals surface area (Å²) < 4.78 is 5.43. The van der Waals surface area contributed by atoms with E-state index in [0.717, 1.165) is 63.1 Å². The van der Waals surface area contributed by atoms with Gasteiger partial charge in [0.15, 0.2) is 0 Å².